The number of benzene rings is 2. The molecule has 7 heteroatoms. The SMILES string of the molecule is COc1cc(NC(=O)N(C)Cc2cc(=O)[nH]c3ccccc23)cc(OC)c1. The van der Waals surface area contributed by atoms with Crippen LogP contribution in [0.1, 0.15) is 5.56 Å². The number of carbonyl (C=O) groups is 1. The van der Waals surface area contributed by atoms with Gasteiger partial charge in [0.25, 0.3) is 0 Å². The first-order valence-corrected chi connectivity index (χ1v) is 8.36. The molecule has 3 aromatic rings. The molecule has 0 spiro atoms. The fraction of sp³-hybridized carbons (Fsp3) is 0.200. The third-order valence-corrected chi connectivity index (χ3v) is 4.19. The van der Waals surface area contributed by atoms with Crippen molar-refractivity contribution in [2.24, 2.45) is 0 Å². The Morgan fingerprint density at radius 3 is 2.41 bits per heavy atom. The lowest BCUT2D eigenvalue weighted by Crippen LogP contribution is -2.31. The second-order valence-corrected chi connectivity index (χ2v) is 6.09. The Kier molecular flexibility index (Phi) is 5.30. The van der Waals surface area contributed by atoms with Crippen molar-refractivity contribution < 1.29 is 14.3 Å². The topological polar surface area (TPSA) is 83.7 Å². The Morgan fingerprint density at radius 1 is 1.07 bits per heavy atom. The van der Waals surface area contributed by atoms with Gasteiger partial charge < -0.3 is 24.7 Å². The smallest absolute Gasteiger partial charge is 0.321 e. The Balaban J connectivity index is 1.80. The highest BCUT2D eigenvalue weighted by molar-refractivity contribution is 5.90. The molecule has 0 saturated heterocycles. The van der Waals surface area contributed by atoms with Crippen LogP contribution >= 0.6 is 0 Å². The van der Waals surface area contributed by atoms with Crippen LogP contribution in [-0.4, -0.2) is 37.2 Å². The predicted molar refractivity (Wildman–Crippen MR) is 105 cm³/mol. The maximum Gasteiger partial charge on any atom is 0.321 e. The molecule has 0 fully saturated rings. The molecule has 1 aromatic heterocycles. The second kappa shape index (κ2) is 7.82. The van der Waals surface area contributed by atoms with Gasteiger partial charge in [-0.3, -0.25) is 4.79 Å². The van der Waals surface area contributed by atoms with E-state index in [0.29, 0.717) is 17.2 Å². The molecule has 0 unspecified atom stereocenters. The summed E-state index contributed by atoms with van der Waals surface area (Å²) in [6, 6.07) is 13.8. The summed E-state index contributed by atoms with van der Waals surface area (Å²) in [6.45, 7) is 0.289. The van der Waals surface area contributed by atoms with Crippen molar-refractivity contribution in [3.8, 4) is 11.5 Å². The van der Waals surface area contributed by atoms with E-state index in [4.69, 9.17) is 9.47 Å². The van der Waals surface area contributed by atoms with Gasteiger partial charge in [-0.15, -0.1) is 0 Å². The number of pyridine rings is 1. The van der Waals surface area contributed by atoms with Crippen LogP contribution in [0.4, 0.5) is 10.5 Å². The van der Waals surface area contributed by atoms with Crippen LogP contribution < -0.4 is 20.3 Å². The van der Waals surface area contributed by atoms with Crippen molar-refractivity contribution in [3.05, 3.63) is 64.4 Å². The van der Waals surface area contributed by atoms with E-state index >= 15 is 0 Å². The molecule has 27 heavy (non-hydrogen) atoms. The lowest BCUT2D eigenvalue weighted by molar-refractivity contribution is 0.221. The number of hydrogen-bond acceptors (Lipinski definition) is 4. The number of para-hydroxylation sites is 1. The second-order valence-electron chi connectivity index (χ2n) is 6.09. The van der Waals surface area contributed by atoms with Crippen LogP contribution in [0.5, 0.6) is 11.5 Å². The minimum absolute atomic E-state index is 0.199. The predicted octanol–water partition coefficient (Wildman–Crippen LogP) is 3.21. The molecule has 0 aliphatic heterocycles. The minimum Gasteiger partial charge on any atom is -0.497 e. The van der Waals surface area contributed by atoms with Gasteiger partial charge >= 0.3 is 6.03 Å². The van der Waals surface area contributed by atoms with Gasteiger partial charge in [0.1, 0.15) is 11.5 Å². The van der Waals surface area contributed by atoms with E-state index in [-0.39, 0.29) is 18.1 Å². The van der Waals surface area contributed by atoms with Crippen LogP contribution in [0.2, 0.25) is 0 Å². The van der Waals surface area contributed by atoms with Crippen LogP contribution in [0.25, 0.3) is 10.9 Å². The zero-order chi connectivity index (χ0) is 19.4. The average Bonchev–Trinajstić information content (AvgIpc) is 2.67. The van der Waals surface area contributed by atoms with Gasteiger partial charge in [0, 0.05) is 54.4 Å². The maximum atomic E-state index is 12.6. The number of urea groups is 1. The number of H-pyrrole nitrogens is 1. The molecule has 0 radical (unpaired) electrons. The van der Waals surface area contributed by atoms with Crippen molar-refractivity contribution >= 4 is 22.6 Å². The monoisotopic (exact) mass is 367 g/mol. The zero-order valence-electron chi connectivity index (χ0n) is 15.4. The molecular weight excluding hydrogens is 346 g/mol. The Bertz CT molecular complexity index is 1010. The summed E-state index contributed by atoms with van der Waals surface area (Å²) in [4.78, 5) is 28.8. The molecule has 0 bridgehead atoms. The summed E-state index contributed by atoms with van der Waals surface area (Å²) < 4.78 is 10.4. The highest BCUT2D eigenvalue weighted by atomic mass is 16.5. The van der Waals surface area contributed by atoms with Crippen molar-refractivity contribution in [3.63, 3.8) is 0 Å². The fourth-order valence-electron chi connectivity index (χ4n) is 2.83. The molecule has 1 heterocycles. The van der Waals surface area contributed by atoms with Crippen LogP contribution in [0, 0.1) is 0 Å². The van der Waals surface area contributed by atoms with Gasteiger partial charge in [-0.2, -0.15) is 0 Å². The van der Waals surface area contributed by atoms with Crippen molar-refractivity contribution in [1.82, 2.24) is 9.88 Å². The lowest BCUT2D eigenvalue weighted by Gasteiger charge is -2.19. The summed E-state index contributed by atoms with van der Waals surface area (Å²) in [5.41, 5.74) is 1.87. The first-order valence-electron chi connectivity index (χ1n) is 8.36. The zero-order valence-corrected chi connectivity index (χ0v) is 15.4. The summed E-state index contributed by atoms with van der Waals surface area (Å²) >= 11 is 0. The number of hydrogen-bond donors (Lipinski definition) is 2. The number of methoxy groups -OCH3 is 2. The molecule has 2 aromatic carbocycles. The first-order chi connectivity index (χ1) is 13.0. The maximum absolute atomic E-state index is 12.6. The van der Waals surface area contributed by atoms with E-state index in [9.17, 15) is 9.59 Å². The Morgan fingerprint density at radius 2 is 1.74 bits per heavy atom. The van der Waals surface area contributed by atoms with Crippen molar-refractivity contribution in [2.75, 3.05) is 26.6 Å². The molecule has 0 aliphatic rings. The average molecular weight is 367 g/mol. The van der Waals surface area contributed by atoms with E-state index in [0.717, 1.165) is 16.5 Å². The number of nitrogens with zero attached hydrogens (tertiary/aromatic N) is 1. The van der Waals surface area contributed by atoms with Gasteiger partial charge in [0.2, 0.25) is 5.56 Å². The van der Waals surface area contributed by atoms with Gasteiger partial charge in [-0.05, 0) is 11.6 Å². The molecule has 2 N–H and O–H groups in total. The Hall–Kier alpha value is -3.48. The van der Waals surface area contributed by atoms with Gasteiger partial charge in [0.15, 0.2) is 0 Å². The molecule has 0 aliphatic carbocycles. The van der Waals surface area contributed by atoms with E-state index < -0.39 is 0 Å². The summed E-state index contributed by atoms with van der Waals surface area (Å²) in [6.07, 6.45) is 0. The molecule has 3 rings (SSSR count). The number of ether oxygens (including phenoxy) is 2. The van der Waals surface area contributed by atoms with Gasteiger partial charge in [-0.25, -0.2) is 4.79 Å². The molecule has 2 amide bonds. The third-order valence-electron chi connectivity index (χ3n) is 4.19. The van der Waals surface area contributed by atoms with E-state index in [1.165, 1.54) is 11.0 Å². The van der Waals surface area contributed by atoms with Gasteiger partial charge in [-0.1, -0.05) is 18.2 Å². The third kappa shape index (κ3) is 4.20. The number of anilines is 1. The minimum atomic E-state index is -0.310. The number of rotatable bonds is 5. The first kappa shape index (κ1) is 18.3. The fourth-order valence-corrected chi connectivity index (χ4v) is 2.83. The summed E-state index contributed by atoms with van der Waals surface area (Å²) in [7, 11) is 4.76. The number of aromatic amines is 1. The highest BCUT2D eigenvalue weighted by Gasteiger charge is 2.13. The summed E-state index contributed by atoms with van der Waals surface area (Å²) in [5, 5.41) is 3.72. The molecule has 7 nitrogen and oxygen atoms in total. The highest BCUT2D eigenvalue weighted by Crippen LogP contribution is 2.26. The number of amides is 2. The standard InChI is InChI=1S/C20H21N3O4/c1-23(12-13-8-19(24)22-18-7-5-4-6-17(13)18)20(25)21-14-9-15(26-2)11-16(10-14)27-3/h4-11H,12H2,1-3H3,(H,21,25)(H,22,24). The quantitative estimate of drug-likeness (QED) is 0.725. The van der Waals surface area contributed by atoms with Crippen molar-refractivity contribution in [2.45, 2.75) is 6.54 Å². The van der Waals surface area contributed by atoms with Crippen LogP contribution in [-0.2, 0) is 6.54 Å². The number of carbonyl (C=O) groups excluding carboxylic acids is 1. The summed E-state index contributed by atoms with van der Waals surface area (Å²) in [5.74, 6) is 1.15. The van der Waals surface area contributed by atoms with E-state index in [1.54, 1.807) is 39.5 Å². The molecule has 0 atom stereocenters. The number of fused-ring (bicyclic) bond motifs is 1. The van der Waals surface area contributed by atoms with Crippen LogP contribution in [0.15, 0.2) is 53.3 Å². The van der Waals surface area contributed by atoms with Gasteiger partial charge in [0.05, 0.1) is 14.2 Å². The molecule has 0 saturated carbocycles. The van der Waals surface area contributed by atoms with Crippen LogP contribution in [0.3, 0.4) is 0 Å². The normalized spacial score (nSPS) is 10.5. The molecule has 140 valence electrons. The largest absolute Gasteiger partial charge is 0.497 e. The molecular formula is C20H21N3O4. The van der Waals surface area contributed by atoms with Crippen molar-refractivity contribution in [1.29, 1.82) is 0 Å². The van der Waals surface area contributed by atoms with E-state index in [2.05, 4.69) is 10.3 Å². The number of nitrogens with one attached hydrogen (secondary N) is 2. The lowest BCUT2D eigenvalue weighted by atomic mass is 10.1. The number of aromatic nitrogens is 1. The Labute approximate surface area is 156 Å². The van der Waals surface area contributed by atoms with E-state index in [1.807, 2.05) is 24.3 Å².